The molecule has 0 radical (unpaired) electrons. The van der Waals surface area contributed by atoms with Crippen LogP contribution >= 0.6 is 0 Å². The van der Waals surface area contributed by atoms with Gasteiger partial charge in [-0.2, -0.15) is 0 Å². The maximum Gasteiger partial charge on any atom is 0.352 e. The first-order chi connectivity index (χ1) is 19.3. The Labute approximate surface area is 239 Å². The second-order valence-corrected chi connectivity index (χ2v) is 12.0. The highest BCUT2D eigenvalue weighted by Gasteiger charge is 2.30. The molecular weight excluding hydrogens is 550 g/mol. The number of carboxylic acid groups (broad SMARTS) is 1. The third-order valence-corrected chi connectivity index (χ3v) is 7.64. The van der Waals surface area contributed by atoms with E-state index < -0.39 is 27.3 Å². The van der Waals surface area contributed by atoms with E-state index in [1.807, 2.05) is 11.6 Å². The Morgan fingerprint density at radius 3 is 2.24 bits per heavy atom. The standard InChI is InChI=1S/C29H35N3O8S/c1-4-40-23-10-7-21(8-11-23)26(34)30-16-15-20-5-12-24(13-6-20)41(38,39)31-27(35)22-9-14-25(28(36)37)32(17-22)18-29(2,3)19-33/h5-14,33H,4,15-19H2,1-3H3,(H,30,34)(H,31,35)(H,36,37). The normalized spacial score (nSPS) is 13.6. The molecule has 2 aromatic carbocycles. The highest BCUT2D eigenvalue weighted by Crippen LogP contribution is 2.23. The first-order valence-corrected chi connectivity index (χ1v) is 14.5. The summed E-state index contributed by atoms with van der Waals surface area (Å²) in [6.45, 7) is 6.03. The number of benzene rings is 2. The Kier molecular flexibility index (Phi) is 10.3. The van der Waals surface area contributed by atoms with Gasteiger partial charge in [0.25, 0.3) is 21.8 Å². The van der Waals surface area contributed by atoms with Crippen LogP contribution in [0.15, 0.2) is 76.8 Å². The lowest BCUT2D eigenvalue weighted by Gasteiger charge is -2.35. The number of nitrogens with one attached hydrogen (secondary N) is 2. The molecule has 0 fully saturated rings. The zero-order valence-corrected chi connectivity index (χ0v) is 24.0. The van der Waals surface area contributed by atoms with Crippen LogP contribution in [0.2, 0.25) is 0 Å². The number of hydrogen-bond donors (Lipinski definition) is 4. The summed E-state index contributed by atoms with van der Waals surface area (Å²) in [5, 5.41) is 21.9. The van der Waals surface area contributed by atoms with Crippen LogP contribution in [0, 0.1) is 5.41 Å². The maximum atomic E-state index is 12.9. The Hall–Kier alpha value is -4.16. The van der Waals surface area contributed by atoms with Gasteiger partial charge in [0.15, 0.2) is 0 Å². The maximum absolute atomic E-state index is 12.9. The van der Waals surface area contributed by atoms with E-state index in [9.17, 15) is 33.0 Å². The van der Waals surface area contributed by atoms with Gasteiger partial charge in [-0.15, -0.1) is 0 Å². The molecule has 1 aliphatic heterocycles. The van der Waals surface area contributed by atoms with E-state index in [0.717, 1.165) is 5.56 Å². The minimum Gasteiger partial charge on any atom is -0.494 e. The van der Waals surface area contributed by atoms with E-state index in [0.29, 0.717) is 30.9 Å². The highest BCUT2D eigenvalue weighted by atomic mass is 32.2. The molecule has 1 aliphatic rings. The number of aliphatic carboxylic acids is 1. The molecular formula is C29H35N3O8S. The number of amides is 2. The Morgan fingerprint density at radius 2 is 1.66 bits per heavy atom. The fraction of sp³-hybridized carbons (Fsp3) is 0.345. The third-order valence-electron chi connectivity index (χ3n) is 6.29. The van der Waals surface area contributed by atoms with E-state index in [4.69, 9.17) is 4.74 Å². The number of sulfonamides is 1. The molecule has 0 atom stereocenters. The fourth-order valence-electron chi connectivity index (χ4n) is 4.06. The zero-order chi connectivity index (χ0) is 30.2. The molecule has 12 heteroatoms. The lowest BCUT2D eigenvalue weighted by Crippen LogP contribution is -2.43. The van der Waals surface area contributed by atoms with Crippen LogP contribution in [-0.2, 0) is 26.0 Å². The fourth-order valence-corrected chi connectivity index (χ4v) is 5.05. The van der Waals surface area contributed by atoms with Crippen molar-refractivity contribution in [3.63, 3.8) is 0 Å². The number of carbonyl (C=O) groups is 3. The van der Waals surface area contributed by atoms with Crippen LogP contribution < -0.4 is 14.8 Å². The molecule has 0 aliphatic carbocycles. The number of rotatable bonds is 13. The van der Waals surface area contributed by atoms with Gasteiger partial charge in [0.1, 0.15) is 11.4 Å². The Balaban J connectivity index is 1.58. The summed E-state index contributed by atoms with van der Waals surface area (Å²) in [5.74, 6) is -1.63. The van der Waals surface area contributed by atoms with Crippen molar-refractivity contribution in [2.24, 2.45) is 5.41 Å². The predicted octanol–water partition coefficient (Wildman–Crippen LogP) is 2.09. The Bertz CT molecular complexity index is 1430. The molecule has 0 saturated carbocycles. The van der Waals surface area contributed by atoms with Gasteiger partial charge in [-0.1, -0.05) is 26.0 Å². The number of nitrogens with zero attached hydrogens (tertiary/aromatic N) is 1. The van der Waals surface area contributed by atoms with E-state index in [1.165, 1.54) is 29.2 Å². The van der Waals surface area contributed by atoms with Gasteiger partial charge in [0.2, 0.25) is 0 Å². The number of allylic oxidation sites excluding steroid dienone is 2. The van der Waals surface area contributed by atoms with Crippen molar-refractivity contribution in [3.05, 3.63) is 83.1 Å². The van der Waals surface area contributed by atoms with Crippen LogP contribution in [0.3, 0.4) is 0 Å². The van der Waals surface area contributed by atoms with Crippen LogP contribution in [0.4, 0.5) is 0 Å². The number of hydrogen-bond acceptors (Lipinski definition) is 8. The molecule has 2 amide bonds. The predicted molar refractivity (Wildman–Crippen MR) is 152 cm³/mol. The van der Waals surface area contributed by atoms with Crippen molar-refractivity contribution in [1.82, 2.24) is 14.9 Å². The lowest BCUT2D eigenvalue weighted by molar-refractivity contribution is -0.134. The summed E-state index contributed by atoms with van der Waals surface area (Å²) in [7, 11) is -4.21. The minimum atomic E-state index is -4.21. The first kappa shape index (κ1) is 31.4. The number of aliphatic hydroxyl groups excluding tert-OH is 1. The summed E-state index contributed by atoms with van der Waals surface area (Å²) >= 11 is 0. The third kappa shape index (κ3) is 8.66. The number of carbonyl (C=O) groups excluding carboxylic acids is 2. The SMILES string of the molecule is CCOc1ccc(C(=O)NCCc2ccc(S(=O)(=O)NC(=O)C3=CC=C(C(=O)O)N(CC(C)(C)CO)C3)cc2)cc1. The largest absolute Gasteiger partial charge is 0.494 e. The quantitative estimate of drug-likeness (QED) is 0.276. The molecule has 0 aromatic heterocycles. The van der Waals surface area contributed by atoms with Crippen LogP contribution in [0.1, 0.15) is 36.7 Å². The van der Waals surface area contributed by atoms with Gasteiger partial charge in [0, 0.05) is 42.8 Å². The average molecular weight is 586 g/mol. The lowest BCUT2D eigenvalue weighted by atomic mass is 9.93. The van der Waals surface area contributed by atoms with Gasteiger partial charge >= 0.3 is 5.97 Å². The molecule has 0 spiro atoms. The highest BCUT2D eigenvalue weighted by molar-refractivity contribution is 7.90. The minimum absolute atomic E-state index is 0.0582. The van der Waals surface area contributed by atoms with Gasteiger partial charge < -0.3 is 25.2 Å². The number of aliphatic hydroxyl groups is 1. The summed E-state index contributed by atoms with van der Waals surface area (Å²) in [6.07, 6.45) is 2.98. The van der Waals surface area contributed by atoms with Crippen LogP contribution in [0.25, 0.3) is 0 Å². The second-order valence-electron chi connectivity index (χ2n) is 10.3. The summed E-state index contributed by atoms with van der Waals surface area (Å²) in [4.78, 5) is 38.1. The number of carboxylic acids is 1. The molecule has 1 heterocycles. The van der Waals surface area contributed by atoms with Gasteiger partial charge in [0.05, 0.1) is 11.5 Å². The zero-order valence-electron chi connectivity index (χ0n) is 23.2. The summed E-state index contributed by atoms with van der Waals surface area (Å²) in [5.41, 5.74) is 0.628. The molecule has 2 aromatic rings. The molecule has 0 saturated heterocycles. The van der Waals surface area contributed by atoms with E-state index in [1.54, 1.807) is 50.2 Å². The molecule has 3 rings (SSSR count). The van der Waals surface area contributed by atoms with E-state index in [2.05, 4.69) is 5.32 Å². The van der Waals surface area contributed by atoms with Gasteiger partial charge in [-0.3, -0.25) is 9.59 Å². The first-order valence-electron chi connectivity index (χ1n) is 13.0. The van der Waals surface area contributed by atoms with E-state index >= 15 is 0 Å². The van der Waals surface area contributed by atoms with Crippen LogP contribution in [0.5, 0.6) is 5.75 Å². The van der Waals surface area contributed by atoms with Crippen molar-refractivity contribution in [3.8, 4) is 5.75 Å². The molecule has 41 heavy (non-hydrogen) atoms. The monoisotopic (exact) mass is 585 g/mol. The molecule has 0 bridgehead atoms. The van der Waals surface area contributed by atoms with Crippen molar-refractivity contribution >= 4 is 27.8 Å². The van der Waals surface area contributed by atoms with Crippen LogP contribution in [-0.4, -0.2) is 74.2 Å². The second kappa shape index (κ2) is 13.5. The van der Waals surface area contributed by atoms with E-state index in [-0.39, 0.29) is 41.8 Å². The topological polar surface area (TPSA) is 162 Å². The molecule has 4 N–H and O–H groups in total. The molecule has 11 nitrogen and oxygen atoms in total. The summed E-state index contributed by atoms with van der Waals surface area (Å²) in [6, 6.07) is 12.7. The van der Waals surface area contributed by atoms with Crippen molar-refractivity contribution in [2.75, 3.05) is 32.8 Å². The van der Waals surface area contributed by atoms with Gasteiger partial charge in [-0.25, -0.2) is 17.9 Å². The number of ether oxygens (including phenoxy) is 1. The van der Waals surface area contributed by atoms with Crippen molar-refractivity contribution in [2.45, 2.75) is 32.1 Å². The van der Waals surface area contributed by atoms with Crippen molar-refractivity contribution < 1.29 is 37.8 Å². The Morgan fingerprint density at radius 1 is 1.00 bits per heavy atom. The average Bonchev–Trinajstić information content (AvgIpc) is 2.93. The summed E-state index contributed by atoms with van der Waals surface area (Å²) < 4.78 is 33.1. The van der Waals surface area contributed by atoms with Crippen molar-refractivity contribution in [1.29, 1.82) is 0 Å². The smallest absolute Gasteiger partial charge is 0.352 e. The molecule has 0 unspecified atom stereocenters. The molecule has 220 valence electrons. The van der Waals surface area contributed by atoms with Gasteiger partial charge in [-0.05, 0) is 67.5 Å².